The van der Waals surface area contributed by atoms with Crippen LogP contribution in [0.4, 0.5) is 0 Å². The highest BCUT2D eigenvalue weighted by molar-refractivity contribution is 6.30. The molecule has 1 N–H and O–H groups in total. The number of carbonyl (C=O) groups excluding carboxylic acids is 1. The third-order valence-electron chi connectivity index (χ3n) is 6.49. The Balaban J connectivity index is 1.46. The third kappa shape index (κ3) is 3.45. The second kappa shape index (κ2) is 7.80. The summed E-state index contributed by atoms with van der Waals surface area (Å²) < 4.78 is 11.0. The van der Waals surface area contributed by atoms with Crippen molar-refractivity contribution >= 4 is 23.3 Å². The molecule has 3 aliphatic rings. The van der Waals surface area contributed by atoms with Gasteiger partial charge in [0.2, 0.25) is 5.91 Å². The lowest BCUT2D eigenvalue weighted by molar-refractivity contribution is -0.132. The Bertz CT molecular complexity index is 984. The molecule has 2 heterocycles. The molecule has 5 rings (SSSR count). The molecular formula is C24H25ClN2O3. The van der Waals surface area contributed by atoms with Crippen LogP contribution in [0.5, 0.6) is 0 Å². The van der Waals surface area contributed by atoms with E-state index in [1.807, 2.05) is 42.5 Å². The van der Waals surface area contributed by atoms with Crippen molar-refractivity contribution in [2.24, 2.45) is 5.92 Å². The highest BCUT2D eigenvalue weighted by atomic mass is 35.5. The number of rotatable bonds is 6. The van der Waals surface area contributed by atoms with E-state index < -0.39 is 5.41 Å². The number of amidine groups is 1. The van der Waals surface area contributed by atoms with Gasteiger partial charge < -0.3 is 9.47 Å². The molecule has 2 aromatic rings. The number of nitrogens with one attached hydrogen (secondary N) is 1. The summed E-state index contributed by atoms with van der Waals surface area (Å²) in [4.78, 5) is 15.4. The highest BCUT2D eigenvalue weighted by Crippen LogP contribution is 2.54. The minimum Gasteiger partial charge on any atom is -0.350 e. The summed E-state index contributed by atoms with van der Waals surface area (Å²) in [6.45, 7) is 1.65. The van der Waals surface area contributed by atoms with Gasteiger partial charge in [-0.2, -0.15) is 0 Å². The molecule has 6 heteroatoms. The molecule has 156 valence electrons. The van der Waals surface area contributed by atoms with Crippen molar-refractivity contribution < 1.29 is 14.3 Å². The molecule has 0 radical (unpaired) electrons. The smallest absolute Gasteiger partial charge is 0.239 e. The van der Waals surface area contributed by atoms with Crippen LogP contribution >= 0.6 is 11.6 Å². The summed E-state index contributed by atoms with van der Waals surface area (Å²) in [5.41, 5.74) is 2.44. The van der Waals surface area contributed by atoms with Crippen LogP contribution in [0.15, 0.2) is 48.5 Å². The number of likely N-dealkylation sites (tertiary alicyclic amines) is 1. The average Bonchev–Trinajstić information content (AvgIpc) is 3.41. The Kier molecular flexibility index (Phi) is 5.13. The van der Waals surface area contributed by atoms with Gasteiger partial charge >= 0.3 is 0 Å². The molecule has 1 unspecified atom stereocenters. The first-order chi connectivity index (χ1) is 14.6. The van der Waals surface area contributed by atoms with Crippen molar-refractivity contribution in [1.29, 1.82) is 5.41 Å². The molecule has 3 fully saturated rings. The molecule has 2 aromatic carbocycles. The minimum absolute atomic E-state index is 0.0521. The lowest BCUT2D eigenvalue weighted by Gasteiger charge is -2.28. The van der Waals surface area contributed by atoms with Gasteiger partial charge in [-0.15, -0.1) is 0 Å². The topological polar surface area (TPSA) is 62.6 Å². The zero-order valence-electron chi connectivity index (χ0n) is 16.8. The van der Waals surface area contributed by atoms with E-state index in [4.69, 9.17) is 26.5 Å². The fourth-order valence-electron chi connectivity index (χ4n) is 4.84. The largest absolute Gasteiger partial charge is 0.350 e. The number of benzene rings is 2. The Morgan fingerprint density at radius 1 is 1.07 bits per heavy atom. The van der Waals surface area contributed by atoms with E-state index in [0.29, 0.717) is 49.4 Å². The van der Waals surface area contributed by atoms with Gasteiger partial charge in [0.15, 0.2) is 6.29 Å². The number of halogens is 1. The van der Waals surface area contributed by atoms with E-state index in [-0.39, 0.29) is 12.2 Å². The first kappa shape index (κ1) is 19.7. The maximum absolute atomic E-state index is 13.7. The van der Waals surface area contributed by atoms with Crippen LogP contribution < -0.4 is 0 Å². The van der Waals surface area contributed by atoms with Crippen LogP contribution in [-0.4, -0.2) is 42.7 Å². The molecule has 1 atom stereocenters. The maximum Gasteiger partial charge on any atom is 0.239 e. The molecule has 1 amide bonds. The number of nitrogens with zero attached hydrogens (tertiary/aromatic N) is 1. The molecule has 2 saturated heterocycles. The summed E-state index contributed by atoms with van der Waals surface area (Å²) >= 11 is 6.19. The predicted octanol–water partition coefficient (Wildman–Crippen LogP) is 4.63. The van der Waals surface area contributed by atoms with E-state index in [9.17, 15) is 4.79 Å². The normalized spacial score (nSPS) is 24.8. The highest BCUT2D eigenvalue weighted by Gasteiger charge is 2.58. The summed E-state index contributed by atoms with van der Waals surface area (Å²) in [5, 5.41) is 9.28. The predicted molar refractivity (Wildman–Crippen MR) is 116 cm³/mol. The van der Waals surface area contributed by atoms with Gasteiger partial charge in [0.1, 0.15) is 5.84 Å². The molecule has 1 aliphatic carbocycles. The monoisotopic (exact) mass is 424 g/mol. The zero-order valence-corrected chi connectivity index (χ0v) is 17.5. The molecule has 1 saturated carbocycles. The lowest BCUT2D eigenvalue weighted by Crippen LogP contribution is -2.41. The van der Waals surface area contributed by atoms with Crippen molar-refractivity contribution in [3.63, 3.8) is 0 Å². The van der Waals surface area contributed by atoms with Gasteiger partial charge in [-0.1, -0.05) is 48.0 Å². The molecule has 30 heavy (non-hydrogen) atoms. The number of amides is 1. The first-order valence-corrected chi connectivity index (χ1v) is 10.9. The van der Waals surface area contributed by atoms with E-state index in [1.54, 1.807) is 4.90 Å². The minimum atomic E-state index is -0.636. The standard InChI is InChI=1S/C24H25ClN2O3/c25-20-6-2-4-17(14-20)16-3-1-5-19(13-16)24(18-7-8-18)15-21(26)27(23(24)28)10-9-22-29-11-12-30-22/h1-6,13-14,18,22,26H,7-12,15H2. The van der Waals surface area contributed by atoms with E-state index in [0.717, 1.165) is 29.5 Å². The number of hydrogen-bond acceptors (Lipinski definition) is 4. The Hall–Kier alpha value is -2.21. The average molecular weight is 425 g/mol. The summed E-state index contributed by atoms with van der Waals surface area (Å²) in [5.74, 6) is 0.748. The summed E-state index contributed by atoms with van der Waals surface area (Å²) in [6.07, 6.45) is 2.85. The second-order valence-corrected chi connectivity index (χ2v) is 8.81. The maximum atomic E-state index is 13.7. The van der Waals surface area contributed by atoms with Gasteiger partial charge in [-0.3, -0.25) is 15.1 Å². The Labute approximate surface area is 181 Å². The SMILES string of the molecule is N=C1CC(c2cccc(-c3cccc(Cl)c3)c2)(C2CC2)C(=O)N1CCC1OCCO1. The molecule has 5 nitrogen and oxygen atoms in total. The fourth-order valence-corrected chi connectivity index (χ4v) is 5.03. The molecule has 2 aliphatic heterocycles. The van der Waals surface area contributed by atoms with Crippen molar-refractivity contribution in [1.82, 2.24) is 4.90 Å². The van der Waals surface area contributed by atoms with E-state index >= 15 is 0 Å². The number of hydrogen-bond donors (Lipinski definition) is 1. The van der Waals surface area contributed by atoms with Crippen molar-refractivity contribution in [2.45, 2.75) is 37.4 Å². The van der Waals surface area contributed by atoms with Crippen LogP contribution in [0.3, 0.4) is 0 Å². The van der Waals surface area contributed by atoms with Crippen LogP contribution in [0.2, 0.25) is 5.02 Å². The van der Waals surface area contributed by atoms with Crippen molar-refractivity contribution in [2.75, 3.05) is 19.8 Å². The van der Waals surface area contributed by atoms with Gasteiger partial charge in [0.25, 0.3) is 0 Å². The van der Waals surface area contributed by atoms with Gasteiger partial charge in [0.05, 0.1) is 18.6 Å². The third-order valence-corrected chi connectivity index (χ3v) is 6.72. The van der Waals surface area contributed by atoms with Gasteiger partial charge in [0, 0.05) is 24.4 Å². The van der Waals surface area contributed by atoms with E-state index in [1.165, 1.54) is 0 Å². The Morgan fingerprint density at radius 3 is 2.47 bits per heavy atom. The van der Waals surface area contributed by atoms with E-state index in [2.05, 4.69) is 6.07 Å². The Morgan fingerprint density at radius 2 is 1.77 bits per heavy atom. The van der Waals surface area contributed by atoms with Crippen LogP contribution in [0.25, 0.3) is 11.1 Å². The zero-order chi connectivity index (χ0) is 20.7. The number of ether oxygens (including phenoxy) is 2. The summed E-state index contributed by atoms with van der Waals surface area (Å²) in [7, 11) is 0. The first-order valence-electron chi connectivity index (χ1n) is 10.6. The lowest BCUT2D eigenvalue weighted by atomic mass is 9.74. The van der Waals surface area contributed by atoms with Gasteiger partial charge in [-0.05, 0) is 47.6 Å². The fraction of sp³-hybridized carbons (Fsp3) is 0.417. The number of carbonyl (C=O) groups is 1. The summed E-state index contributed by atoms with van der Waals surface area (Å²) in [6, 6.07) is 16.0. The second-order valence-electron chi connectivity index (χ2n) is 8.38. The van der Waals surface area contributed by atoms with Crippen molar-refractivity contribution in [3.05, 3.63) is 59.1 Å². The molecule has 0 bridgehead atoms. The molecule has 0 aromatic heterocycles. The molecule has 0 spiro atoms. The van der Waals surface area contributed by atoms with Crippen LogP contribution in [0, 0.1) is 11.3 Å². The van der Waals surface area contributed by atoms with Crippen LogP contribution in [0.1, 0.15) is 31.2 Å². The van der Waals surface area contributed by atoms with Crippen LogP contribution in [-0.2, 0) is 19.7 Å². The molecular weight excluding hydrogens is 400 g/mol. The quantitative estimate of drug-likeness (QED) is 0.735. The van der Waals surface area contributed by atoms with Gasteiger partial charge in [-0.25, -0.2) is 0 Å². The van der Waals surface area contributed by atoms with Crippen molar-refractivity contribution in [3.8, 4) is 11.1 Å².